The van der Waals surface area contributed by atoms with Crippen LogP contribution in [0.1, 0.15) is 51.4 Å². The van der Waals surface area contributed by atoms with Crippen molar-refractivity contribution >= 4 is 12.0 Å². The Bertz CT molecular complexity index is 508. The van der Waals surface area contributed by atoms with Gasteiger partial charge in [0.2, 0.25) is 0 Å². The van der Waals surface area contributed by atoms with E-state index in [1.54, 1.807) is 0 Å². The second kappa shape index (κ2) is 9.21. The summed E-state index contributed by atoms with van der Waals surface area (Å²) >= 11 is 0. The fourth-order valence-electron chi connectivity index (χ4n) is 4.30. The van der Waals surface area contributed by atoms with Crippen LogP contribution in [-0.2, 0) is 9.53 Å². The summed E-state index contributed by atoms with van der Waals surface area (Å²) in [4.78, 5) is 25.5. The molecule has 2 saturated heterocycles. The summed E-state index contributed by atoms with van der Waals surface area (Å²) in [5, 5.41) is 15.6. The average Bonchev–Trinajstić information content (AvgIpc) is 2.69. The molecule has 3 fully saturated rings. The predicted octanol–water partition coefficient (Wildman–Crippen LogP) is 0.901. The molecule has 0 aromatic heterocycles. The quantitative estimate of drug-likeness (QED) is 0.561. The Kier molecular flexibility index (Phi) is 6.94. The van der Waals surface area contributed by atoms with E-state index in [1.807, 2.05) is 4.90 Å². The van der Waals surface area contributed by atoms with Gasteiger partial charge in [0, 0.05) is 25.7 Å². The van der Waals surface area contributed by atoms with Crippen LogP contribution in [0.15, 0.2) is 0 Å². The summed E-state index contributed by atoms with van der Waals surface area (Å²) in [7, 11) is 0. The number of nitrogens with zero attached hydrogens (tertiary/aromatic N) is 1. The predicted molar refractivity (Wildman–Crippen MR) is 101 cm³/mol. The Morgan fingerprint density at radius 3 is 2.33 bits per heavy atom. The molecular weight excluding hydrogens is 348 g/mol. The van der Waals surface area contributed by atoms with E-state index in [0.717, 1.165) is 32.5 Å². The maximum Gasteiger partial charge on any atom is 0.323 e. The van der Waals surface area contributed by atoms with E-state index in [9.17, 15) is 14.7 Å². The first-order valence-electron chi connectivity index (χ1n) is 10.4. The number of ether oxygens (including phenoxy) is 1. The number of likely N-dealkylation sites (tertiary alicyclic amines) is 1. The molecule has 2 heterocycles. The highest BCUT2D eigenvalue weighted by atomic mass is 16.5. The van der Waals surface area contributed by atoms with Gasteiger partial charge in [-0.05, 0) is 70.4 Å². The highest BCUT2D eigenvalue weighted by molar-refractivity contribution is 5.79. The van der Waals surface area contributed by atoms with Crippen molar-refractivity contribution in [3.05, 3.63) is 0 Å². The number of carboxylic acid groups (broad SMARTS) is 1. The molecule has 1 aliphatic carbocycles. The Hall–Kier alpha value is -1.38. The molecule has 1 saturated carbocycles. The SMILES string of the molecule is N[C@]1(C(=O)O)CC[C@@H](NC(=O)N2CCC(OCC3CCNCC3)CC2)CC1. The number of nitrogens with one attached hydrogen (secondary N) is 2. The second-order valence-electron chi connectivity index (χ2n) is 8.40. The lowest BCUT2D eigenvalue weighted by Gasteiger charge is -2.37. The van der Waals surface area contributed by atoms with Crippen molar-refractivity contribution in [2.45, 2.75) is 69.1 Å². The fraction of sp³-hybridized carbons (Fsp3) is 0.895. The molecule has 3 aliphatic rings. The van der Waals surface area contributed by atoms with Gasteiger partial charge in [0.1, 0.15) is 5.54 Å². The maximum atomic E-state index is 12.5. The number of nitrogens with two attached hydrogens (primary N) is 1. The lowest BCUT2D eigenvalue weighted by atomic mass is 9.80. The van der Waals surface area contributed by atoms with Crippen LogP contribution >= 0.6 is 0 Å². The van der Waals surface area contributed by atoms with Crippen molar-refractivity contribution in [2.75, 3.05) is 32.8 Å². The summed E-state index contributed by atoms with van der Waals surface area (Å²) in [6.07, 6.45) is 6.44. The highest BCUT2D eigenvalue weighted by Gasteiger charge is 2.39. The minimum Gasteiger partial charge on any atom is -0.480 e. The van der Waals surface area contributed by atoms with E-state index in [0.29, 0.717) is 44.7 Å². The van der Waals surface area contributed by atoms with Crippen LogP contribution in [0.4, 0.5) is 4.79 Å². The molecular formula is C19H34N4O4. The van der Waals surface area contributed by atoms with Gasteiger partial charge in [-0.15, -0.1) is 0 Å². The van der Waals surface area contributed by atoms with E-state index in [4.69, 9.17) is 10.5 Å². The van der Waals surface area contributed by atoms with Crippen LogP contribution in [-0.4, -0.2) is 72.5 Å². The fourth-order valence-corrected chi connectivity index (χ4v) is 4.30. The first kappa shape index (κ1) is 20.4. The van der Waals surface area contributed by atoms with Crippen molar-refractivity contribution in [1.29, 1.82) is 0 Å². The first-order valence-corrected chi connectivity index (χ1v) is 10.4. The van der Waals surface area contributed by atoms with Gasteiger partial charge in [-0.25, -0.2) is 4.79 Å². The monoisotopic (exact) mass is 382 g/mol. The molecule has 0 aromatic rings. The molecule has 0 unspecified atom stereocenters. The van der Waals surface area contributed by atoms with Gasteiger partial charge in [-0.1, -0.05) is 0 Å². The van der Waals surface area contributed by atoms with Crippen LogP contribution in [0.2, 0.25) is 0 Å². The van der Waals surface area contributed by atoms with E-state index >= 15 is 0 Å². The van der Waals surface area contributed by atoms with E-state index in [1.165, 1.54) is 12.8 Å². The minimum absolute atomic E-state index is 0.0161. The first-order chi connectivity index (χ1) is 13.0. The standard InChI is InChI=1S/C19H34N4O4/c20-19(17(24)25)7-1-15(2-8-19)22-18(26)23-11-5-16(6-12-23)27-13-14-3-9-21-10-4-14/h14-16,21H,1-13,20H2,(H,22,26)(H,24,25)/t15-,19-. The van der Waals surface area contributed by atoms with Gasteiger partial charge >= 0.3 is 12.0 Å². The van der Waals surface area contributed by atoms with Crippen molar-refractivity contribution < 1.29 is 19.4 Å². The van der Waals surface area contributed by atoms with Crippen LogP contribution < -0.4 is 16.4 Å². The van der Waals surface area contributed by atoms with Crippen LogP contribution in [0.3, 0.4) is 0 Å². The number of urea groups is 1. The van der Waals surface area contributed by atoms with Gasteiger partial charge in [-0.2, -0.15) is 0 Å². The third-order valence-corrected chi connectivity index (χ3v) is 6.39. The van der Waals surface area contributed by atoms with Crippen molar-refractivity contribution in [1.82, 2.24) is 15.5 Å². The van der Waals surface area contributed by atoms with Gasteiger partial charge < -0.3 is 31.1 Å². The Balaban J connectivity index is 1.33. The van der Waals surface area contributed by atoms with Gasteiger partial charge in [0.25, 0.3) is 0 Å². The summed E-state index contributed by atoms with van der Waals surface area (Å²) < 4.78 is 6.09. The Labute approximate surface area is 161 Å². The lowest BCUT2D eigenvalue weighted by Crippen LogP contribution is -2.55. The number of amides is 2. The highest BCUT2D eigenvalue weighted by Crippen LogP contribution is 2.27. The van der Waals surface area contributed by atoms with Crippen molar-refractivity contribution in [2.24, 2.45) is 11.7 Å². The summed E-state index contributed by atoms with van der Waals surface area (Å²) in [6.45, 7) is 4.44. The summed E-state index contributed by atoms with van der Waals surface area (Å²) in [5.41, 5.74) is 4.76. The molecule has 154 valence electrons. The summed E-state index contributed by atoms with van der Waals surface area (Å²) in [5.74, 6) is -0.279. The molecule has 0 aromatic carbocycles. The van der Waals surface area contributed by atoms with E-state index < -0.39 is 11.5 Å². The molecule has 0 spiro atoms. The number of piperidine rings is 2. The van der Waals surface area contributed by atoms with Gasteiger partial charge in [0.05, 0.1) is 6.10 Å². The minimum atomic E-state index is -1.13. The molecule has 27 heavy (non-hydrogen) atoms. The van der Waals surface area contributed by atoms with Crippen molar-refractivity contribution in [3.63, 3.8) is 0 Å². The average molecular weight is 383 g/mol. The van der Waals surface area contributed by atoms with Crippen LogP contribution in [0, 0.1) is 5.92 Å². The third-order valence-electron chi connectivity index (χ3n) is 6.39. The number of carbonyl (C=O) groups is 2. The number of aliphatic carboxylic acids is 1. The molecule has 2 amide bonds. The second-order valence-corrected chi connectivity index (χ2v) is 8.40. The molecule has 2 aliphatic heterocycles. The van der Waals surface area contributed by atoms with Gasteiger partial charge in [0.15, 0.2) is 0 Å². The zero-order chi connectivity index (χ0) is 19.3. The lowest BCUT2D eigenvalue weighted by molar-refractivity contribution is -0.144. The maximum absolute atomic E-state index is 12.5. The molecule has 3 rings (SSSR count). The molecule has 0 radical (unpaired) electrons. The van der Waals surface area contributed by atoms with Crippen molar-refractivity contribution in [3.8, 4) is 0 Å². The zero-order valence-corrected chi connectivity index (χ0v) is 16.1. The Morgan fingerprint density at radius 1 is 1.11 bits per heavy atom. The third kappa shape index (κ3) is 5.56. The summed E-state index contributed by atoms with van der Waals surface area (Å²) in [6, 6.07) is -0.0286. The number of carboxylic acids is 1. The number of carbonyl (C=O) groups excluding carboxylic acids is 1. The molecule has 0 atom stereocenters. The molecule has 8 nitrogen and oxygen atoms in total. The molecule has 8 heteroatoms. The zero-order valence-electron chi connectivity index (χ0n) is 16.1. The molecule has 5 N–H and O–H groups in total. The number of rotatable bonds is 5. The van der Waals surface area contributed by atoms with E-state index in [2.05, 4.69) is 10.6 Å². The Morgan fingerprint density at radius 2 is 1.74 bits per heavy atom. The smallest absolute Gasteiger partial charge is 0.323 e. The van der Waals surface area contributed by atoms with E-state index in [-0.39, 0.29) is 18.2 Å². The topological polar surface area (TPSA) is 117 Å². The van der Waals surface area contributed by atoms with Crippen LogP contribution in [0.5, 0.6) is 0 Å². The normalized spacial score (nSPS) is 30.9. The molecule has 0 bridgehead atoms. The van der Waals surface area contributed by atoms with Gasteiger partial charge in [-0.3, -0.25) is 4.79 Å². The largest absolute Gasteiger partial charge is 0.480 e. The number of hydrogen-bond donors (Lipinski definition) is 4. The van der Waals surface area contributed by atoms with Crippen LogP contribution in [0.25, 0.3) is 0 Å². The number of hydrogen-bond acceptors (Lipinski definition) is 5.